The van der Waals surface area contributed by atoms with Gasteiger partial charge in [0.05, 0.1) is 11.6 Å². The minimum absolute atomic E-state index is 0.437. The molecule has 56 valence electrons. The Labute approximate surface area is 65.5 Å². The van der Waals surface area contributed by atoms with Crippen molar-refractivity contribution < 1.29 is 0 Å². The van der Waals surface area contributed by atoms with Gasteiger partial charge in [0, 0.05) is 11.8 Å². The van der Waals surface area contributed by atoms with Gasteiger partial charge in [-0.1, -0.05) is 0 Å². The van der Waals surface area contributed by atoms with Crippen LogP contribution in [0, 0.1) is 25.2 Å². The highest BCUT2D eigenvalue weighted by Crippen LogP contribution is 2.15. The molecule has 0 unspecified atom stereocenters. The second kappa shape index (κ2) is 2.59. The van der Waals surface area contributed by atoms with E-state index in [0.29, 0.717) is 11.4 Å². The Bertz CT molecular complexity index is 323. The molecule has 0 aliphatic heterocycles. The van der Waals surface area contributed by atoms with Gasteiger partial charge in [0.2, 0.25) is 0 Å². The van der Waals surface area contributed by atoms with Gasteiger partial charge < -0.3 is 5.73 Å². The van der Waals surface area contributed by atoms with Crippen molar-refractivity contribution in [2.75, 3.05) is 5.73 Å². The summed E-state index contributed by atoms with van der Waals surface area (Å²) in [6, 6.07) is 2.08. The van der Waals surface area contributed by atoms with E-state index >= 15 is 0 Å². The summed E-state index contributed by atoms with van der Waals surface area (Å²) in [5, 5.41) is 8.69. The van der Waals surface area contributed by atoms with Crippen LogP contribution in [0.4, 0.5) is 5.82 Å². The molecular formula is C8H9N3. The average Bonchev–Trinajstić information content (AvgIpc) is 1.99. The molecule has 0 radical (unpaired) electrons. The van der Waals surface area contributed by atoms with E-state index in [1.54, 1.807) is 13.1 Å². The molecule has 0 saturated carbocycles. The summed E-state index contributed by atoms with van der Waals surface area (Å²) in [6.07, 6.45) is 1.61. The summed E-state index contributed by atoms with van der Waals surface area (Å²) < 4.78 is 0. The number of nitriles is 1. The normalized spacial score (nSPS) is 9.18. The zero-order valence-electron chi connectivity index (χ0n) is 6.55. The molecular weight excluding hydrogens is 138 g/mol. The first-order chi connectivity index (χ1) is 5.16. The molecule has 0 atom stereocenters. The second-order valence-electron chi connectivity index (χ2n) is 2.44. The Kier molecular flexibility index (Phi) is 1.77. The van der Waals surface area contributed by atoms with Gasteiger partial charge in [0.1, 0.15) is 5.82 Å². The van der Waals surface area contributed by atoms with Crippen LogP contribution in [0.25, 0.3) is 0 Å². The molecule has 0 spiro atoms. The highest BCUT2D eigenvalue weighted by atomic mass is 14.8. The zero-order chi connectivity index (χ0) is 8.43. The summed E-state index contributed by atoms with van der Waals surface area (Å²) in [4.78, 5) is 3.91. The van der Waals surface area contributed by atoms with Crippen molar-refractivity contribution in [2.45, 2.75) is 13.8 Å². The molecule has 0 bridgehead atoms. The number of hydrogen-bond acceptors (Lipinski definition) is 3. The van der Waals surface area contributed by atoms with Crippen LogP contribution in [-0.4, -0.2) is 4.98 Å². The Morgan fingerprint density at radius 3 is 2.64 bits per heavy atom. The summed E-state index contributed by atoms with van der Waals surface area (Å²) in [7, 11) is 0. The van der Waals surface area contributed by atoms with E-state index in [1.807, 2.05) is 6.92 Å². The molecule has 0 fully saturated rings. The van der Waals surface area contributed by atoms with Crippen molar-refractivity contribution in [1.29, 1.82) is 5.26 Å². The van der Waals surface area contributed by atoms with E-state index in [1.165, 1.54) is 0 Å². The summed E-state index contributed by atoms with van der Waals surface area (Å²) in [5.74, 6) is 0.437. The van der Waals surface area contributed by atoms with Crippen LogP contribution in [0.2, 0.25) is 0 Å². The van der Waals surface area contributed by atoms with Crippen molar-refractivity contribution in [3.05, 3.63) is 22.9 Å². The maximum absolute atomic E-state index is 8.69. The van der Waals surface area contributed by atoms with Crippen molar-refractivity contribution in [3.8, 4) is 6.07 Å². The van der Waals surface area contributed by atoms with E-state index in [9.17, 15) is 0 Å². The Morgan fingerprint density at radius 2 is 2.18 bits per heavy atom. The standard InChI is InChI=1S/C8H9N3/c1-5-4-11-8(10)6(2)7(5)3-9/h4H,1-2H3,(H2,10,11). The number of anilines is 1. The van der Waals surface area contributed by atoms with Gasteiger partial charge in [-0.15, -0.1) is 0 Å². The van der Waals surface area contributed by atoms with Gasteiger partial charge in [-0.2, -0.15) is 5.26 Å². The van der Waals surface area contributed by atoms with Crippen molar-refractivity contribution >= 4 is 5.82 Å². The molecule has 1 aromatic rings. The smallest absolute Gasteiger partial charge is 0.127 e. The average molecular weight is 147 g/mol. The molecule has 0 aliphatic rings. The summed E-state index contributed by atoms with van der Waals surface area (Å²) in [6.45, 7) is 3.64. The van der Waals surface area contributed by atoms with Gasteiger partial charge in [-0.05, 0) is 19.4 Å². The van der Waals surface area contributed by atoms with Crippen LogP contribution in [0.1, 0.15) is 16.7 Å². The summed E-state index contributed by atoms with van der Waals surface area (Å²) in [5.41, 5.74) is 7.78. The molecule has 2 N–H and O–H groups in total. The third-order valence-corrected chi connectivity index (χ3v) is 1.66. The molecule has 11 heavy (non-hydrogen) atoms. The summed E-state index contributed by atoms with van der Waals surface area (Å²) >= 11 is 0. The van der Waals surface area contributed by atoms with Crippen LogP contribution in [0.5, 0.6) is 0 Å². The number of pyridine rings is 1. The van der Waals surface area contributed by atoms with Gasteiger partial charge >= 0.3 is 0 Å². The lowest BCUT2D eigenvalue weighted by atomic mass is 10.1. The quantitative estimate of drug-likeness (QED) is 0.598. The highest BCUT2D eigenvalue weighted by Gasteiger charge is 2.04. The SMILES string of the molecule is Cc1cnc(N)c(C)c1C#N. The number of aryl methyl sites for hydroxylation is 1. The Hall–Kier alpha value is -1.56. The molecule has 3 nitrogen and oxygen atoms in total. The van der Waals surface area contributed by atoms with Crippen LogP contribution in [0.15, 0.2) is 6.20 Å². The Morgan fingerprint density at radius 1 is 1.55 bits per heavy atom. The lowest BCUT2D eigenvalue weighted by molar-refractivity contribution is 1.21. The largest absolute Gasteiger partial charge is 0.383 e. The molecule has 3 heteroatoms. The van der Waals surface area contributed by atoms with Crippen LogP contribution < -0.4 is 5.73 Å². The fourth-order valence-electron chi connectivity index (χ4n) is 0.924. The maximum atomic E-state index is 8.69. The first-order valence-corrected chi connectivity index (χ1v) is 3.28. The first-order valence-electron chi connectivity index (χ1n) is 3.28. The van der Waals surface area contributed by atoms with Crippen LogP contribution >= 0.6 is 0 Å². The molecule has 0 saturated heterocycles. The van der Waals surface area contributed by atoms with Gasteiger partial charge in [0.25, 0.3) is 0 Å². The number of hydrogen-bond donors (Lipinski definition) is 1. The fourth-order valence-corrected chi connectivity index (χ4v) is 0.924. The number of nitrogen functional groups attached to an aromatic ring is 1. The van der Waals surface area contributed by atoms with Crippen LogP contribution in [0.3, 0.4) is 0 Å². The molecule has 1 rings (SSSR count). The molecule has 0 aliphatic carbocycles. The zero-order valence-corrected chi connectivity index (χ0v) is 6.55. The van der Waals surface area contributed by atoms with E-state index in [-0.39, 0.29) is 0 Å². The predicted octanol–water partition coefficient (Wildman–Crippen LogP) is 1.15. The highest BCUT2D eigenvalue weighted by molar-refractivity contribution is 5.52. The van der Waals surface area contributed by atoms with Crippen molar-refractivity contribution in [1.82, 2.24) is 4.98 Å². The number of nitrogens with two attached hydrogens (primary N) is 1. The van der Waals surface area contributed by atoms with E-state index < -0.39 is 0 Å². The molecule has 1 heterocycles. The van der Waals surface area contributed by atoms with Crippen molar-refractivity contribution in [2.24, 2.45) is 0 Å². The lowest BCUT2D eigenvalue weighted by Crippen LogP contribution is -1.98. The number of aromatic nitrogens is 1. The van der Waals surface area contributed by atoms with E-state index in [0.717, 1.165) is 11.1 Å². The third-order valence-electron chi connectivity index (χ3n) is 1.66. The minimum Gasteiger partial charge on any atom is -0.383 e. The maximum Gasteiger partial charge on any atom is 0.127 e. The molecule has 1 aromatic heterocycles. The Balaban J connectivity index is 3.44. The van der Waals surface area contributed by atoms with Gasteiger partial charge in [-0.3, -0.25) is 0 Å². The fraction of sp³-hybridized carbons (Fsp3) is 0.250. The molecule has 0 amide bonds. The second-order valence-corrected chi connectivity index (χ2v) is 2.44. The number of nitrogens with zero attached hydrogens (tertiary/aromatic N) is 2. The van der Waals surface area contributed by atoms with Crippen molar-refractivity contribution in [3.63, 3.8) is 0 Å². The molecule has 0 aromatic carbocycles. The van der Waals surface area contributed by atoms with E-state index in [2.05, 4.69) is 11.1 Å². The van der Waals surface area contributed by atoms with Gasteiger partial charge in [-0.25, -0.2) is 4.98 Å². The van der Waals surface area contributed by atoms with E-state index in [4.69, 9.17) is 11.0 Å². The minimum atomic E-state index is 0.437. The predicted molar refractivity (Wildman–Crippen MR) is 42.8 cm³/mol. The topological polar surface area (TPSA) is 62.7 Å². The monoisotopic (exact) mass is 147 g/mol. The van der Waals surface area contributed by atoms with Gasteiger partial charge in [0.15, 0.2) is 0 Å². The third kappa shape index (κ3) is 1.15. The lowest BCUT2D eigenvalue weighted by Gasteiger charge is -2.02. The first kappa shape index (κ1) is 7.55. The number of rotatable bonds is 0. The van der Waals surface area contributed by atoms with Crippen LogP contribution in [-0.2, 0) is 0 Å².